The molecule has 3 rings (SSSR count). The van der Waals surface area contributed by atoms with Crippen molar-refractivity contribution >= 4 is 38.9 Å². The Kier molecular flexibility index (Phi) is 2.92. The van der Waals surface area contributed by atoms with Crippen LogP contribution < -0.4 is 5.56 Å². The number of thiophene rings is 2. The van der Waals surface area contributed by atoms with Crippen molar-refractivity contribution in [3.8, 4) is 0 Å². The first-order chi connectivity index (χ1) is 9.16. The van der Waals surface area contributed by atoms with Gasteiger partial charge in [0.2, 0.25) is 0 Å². The highest BCUT2D eigenvalue weighted by Crippen LogP contribution is 2.18. The summed E-state index contributed by atoms with van der Waals surface area (Å²) in [6.45, 7) is 0.227. The van der Waals surface area contributed by atoms with Crippen LogP contribution in [0.25, 0.3) is 10.2 Å². The molecule has 0 radical (unpaired) electrons. The Bertz CT molecular complexity index is 816. The van der Waals surface area contributed by atoms with Crippen LogP contribution in [0.1, 0.15) is 15.2 Å². The SMILES string of the molecule is O=C(O)c1sccc1Cn1cnc2ccsc2c1=O. The van der Waals surface area contributed by atoms with E-state index in [1.54, 1.807) is 17.5 Å². The van der Waals surface area contributed by atoms with E-state index in [1.807, 2.05) is 5.38 Å². The number of carboxylic acids is 1. The Hall–Kier alpha value is -1.99. The van der Waals surface area contributed by atoms with Gasteiger partial charge in [-0.2, -0.15) is 0 Å². The standard InChI is InChI=1S/C12H8N2O3S2/c15-11-10-8(2-4-19-10)13-6-14(11)5-7-1-3-18-9(7)12(16)17/h1-4,6H,5H2,(H,16,17). The fraction of sp³-hybridized carbons (Fsp3) is 0.0833. The van der Waals surface area contributed by atoms with Crippen molar-refractivity contribution < 1.29 is 9.90 Å². The predicted molar refractivity (Wildman–Crippen MR) is 74.3 cm³/mol. The molecule has 0 atom stereocenters. The molecule has 0 aliphatic heterocycles. The Morgan fingerprint density at radius 1 is 1.32 bits per heavy atom. The number of aromatic nitrogens is 2. The monoisotopic (exact) mass is 292 g/mol. The maximum absolute atomic E-state index is 12.2. The van der Waals surface area contributed by atoms with Crippen molar-refractivity contribution in [2.45, 2.75) is 6.54 Å². The second-order valence-corrected chi connectivity index (χ2v) is 5.72. The molecule has 3 aromatic heterocycles. The average molecular weight is 292 g/mol. The molecular formula is C12H8N2O3S2. The minimum Gasteiger partial charge on any atom is -0.477 e. The van der Waals surface area contributed by atoms with E-state index in [-0.39, 0.29) is 17.0 Å². The molecule has 19 heavy (non-hydrogen) atoms. The molecule has 0 spiro atoms. The summed E-state index contributed by atoms with van der Waals surface area (Å²) in [6.07, 6.45) is 1.46. The van der Waals surface area contributed by atoms with Crippen molar-refractivity contribution in [2.24, 2.45) is 0 Å². The van der Waals surface area contributed by atoms with Crippen LogP contribution in [0.2, 0.25) is 0 Å². The van der Waals surface area contributed by atoms with Crippen LogP contribution in [-0.2, 0) is 6.54 Å². The number of fused-ring (bicyclic) bond motifs is 1. The van der Waals surface area contributed by atoms with Gasteiger partial charge < -0.3 is 5.11 Å². The predicted octanol–water partition coefficient (Wildman–Crippen LogP) is 2.27. The molecule has 0 aromatic carbocycles. The number of hydrogen-bond donors (Lipinski definition) is 1. The highest BCUT2D eigenvalue weighted by atomic mass is 32.1. The first-order valence-electron chi connectivity index (χ1n) is 5.39. The van der Waals surface area contributed by atoms with Crippen LogP contribution in [0.15, 0.2) is 34.0 Å². The molecule has 0 aliphatic carbocycles. The number of nitrogens with zero attached hydrogens (tertiary/aromatic N) is 2. The Labute approximate surface area is 115 Å². The highest BCUT2D eigenvalue weighted by molar-refractivity contribution is 7.17. The molecule has 0 aliphatic rings. The van der Waals surface area contributed by atoms with E-state index in [4.69, 9.17) is 5.11 Å². The first kappa shape index (κ1) is 12.1. The van der Waals surface area contributed by atoms with Crippen LogP contribution >= 0.6 is 22.7 Å². The normalized spacial score (nSPS) is 10.9. The number of carbonyl (C=O) groups is 1. The summed E-state index contributed by atoms with van der Waals surface area (Å²) in [5, 5.41) is 12.6. The molecule has 0 bridgehead atoms. The van der Waals surface area contributed by atoms with E-state index < -0.39 is 5.97 Å². The van der Waals surface area contributed by atoms with Gasteiger partial charge in [-0.3, -0.25) is 9.36 Å². The van der Waals surface area contributed by atoms with Gasteiger partial charge in [0.25, 0.3) is 5.56 Å². The molecule has 96 valence electrons. The summed E-state index contributed by atoms with van der Waals surface area (Å²) in [5.41, 5.74) is 1.16. The average Bonchev–Trinajstić information content (AvgIpc) is 3.01. The minimum atomic E-state index is -0.969. The van der Waals surface area contributed by atoms with E-state index >= 15 is 0 Å². The fourth-order valence-electron chi connectivity index (χ4n) is 1.82. The van der Waals surface area contributed by atoms with Gasteiger partial charge in [-0.15, -0.1) is 22.7 Å². The molecule has 0 saturated carbocycles. The van der Waals surface area contributed by atoms with Crippen molar-refractivity contribution in [2.75, 3.05) is 0 Å². The lowest BCUT2D eigenvalue weighted by atomic mass is 10.2. The molecule has 0 amide bonds. The highest BCUT2D eigenvalue weighted by Gasteiger charge is 2.13. The van der Waals surface area contributed by atoms with E-state index in [9.17, 15) is 9.59 Å². The summed E-state index contributed by atoms with van der Waals surface area (Å²) in [6, 6.07) is 3.51. The largest absolute Gasteiger partial charge is 0.477 e. The zero-order valence-electron chi connectivity index (χ0n) is 9.57. The van der Waals surface area contributed by atoms with Gasteiger partial charge in [-0.05, 0) is 28.5 Å². The number of aromatic carboxylic acids is 1. The van der Waals surface area contributed by atoms with Crippen LogP contribution in [0.3, 0.4) is 0 Å². The molecule has 3 heterocycles. The molecule has 0 unspecified atom stereocenters. The molecular weight excluding hydrogens is 284 g/mol. The molecule has 0 fully saturated rings. The second kappa shape index (κ2) is 4.60. The van der Waals surface area contributed by atoms with Crippen molar-refractivity contribution in [1.29, 1.82) is 0 Å². The first-order valence-corrected chi connectivity index (χ1v) is 7.15. The van der Waals surface area contributed by atoms with Gasteiger partial charge in [0.15, 0.2) is 0 Å². The van der Waals surface area contributed by atoms with Crippen molar-refractivity contribution in [1.82, 2.24) is 9.55 Å². The zero-order chi connectivity index (χ0) is 13.4. The van der Waals surface area contributed by atoms with Gasteiger partial charge in [-0.1, -0.05) is 0 Å². The van der Waals surface area contributed by atoms with Crippen LogP contribution in [0, 0.1) is 0 Å². The number of hydrogen-bond acceptors (Lipinski definition) is 5. The summed E-state index contributed by atoms with van der Waals surface area (Å²) in [5.74, 6) is -0.969. The molecule has 0 saturated heterocycles. The van der Waals surface area contributed by atoms with E-state index in [0.717, 1.165) is 11.3 Å². The van der Waals surface area contributed by atoms with Gasteiger partial charge in [0.05, 0.1) is 18.4 Å². The molecule has 7 heteroatoms. The molecule has 1 N–H and O–H groups in total. The zero-order valence-corrected chi connectivity index (χ0v) is 11.2. The fourth-order valence-corrected chi connectivity index (χ4v) is 3.37. The van der Waals surface area contributed by atoms with Gasteiger partial charge in [0.1, 0.15) is 9.58 Å². The molecule has 3 aromatic rings. The Balaban J connectivity index is 2.06. The smallest absolute Gasteiger partial charge is 0.346 e. The third-order valence-electron chi connectivity index (χ3n) is 2.72. The van der Waals surface area contributed by atoms with Gasteiger partial charge in [-0.25, -0.2) is 9.78 Å². The maximum Gasteiger partial charge on any atom is 0.346 e. The van der Waals surface area contributed by atoms with Gasteiger partial charge >= 0.3 is 5.97 Å². The number of carboxylic acid groups (broad SMARTS) is 1. The summed E-state index contributed by atoms with van der Waals surface area (Å²) < 4.78 is 2.03. The van der Waals surface area contributed by atoms with Gasteiger partial charge in [0, 0.05) is 0 Å². The quantitative estimate of drug-likeness (QED) is 0.803. The van der Waals surface area contributed by atoms with Crippen LogP contribution in [0.4, 0.5) is 0 Å². The van der Waals surface area contributed by atoms with Crippen molar-refractivity contribution in [3.63, 3.8) is 0 Å². The second-order valence-electron chi connectivity index (χ2n) is 3.89. The van der Waals surface area contributed by atoms with Crippen LogP contribution in [0.5, 0.6) is 0 Å². The Morgan fingerprint density at radius 2 is 2.11 bits per heavy atom. The lowest BCUT2D eigenvalue weighted by Gasteiger charge is -2.04. The summed E-state index contributed by atoms with van der Waals surface area (Å²) >= 11 is 2.50. The van der Waals surface area contributed by atoms with Crippen LogP contribution in [-0.4, -0.2) is 20.6 Å². The number of rotatable bonds is 3. The van der Waals surface area contributed by atoms with Crippen molar-refractivity contribution in [3.05, 3.63) is 50.0 Å². The third-order valence-corrected chi connectivity index (χ3v) is 4.55. The lowest BCUT2D eigenvalue weighted by Crippen LogP contribution is -2.20. The summed E-state index contributed by atoms with van der Waals surface area (Å²) in [7, 11) is 0. The van der Waals surface area contributed by atoms with E-state index in [1.165, 1.54) is 22.2 Å². The minimum absolute atomic E-state index is 0.137. The topological polar surface area (TPSA) is 72.2 Å². The van der Waals surface area contributed by atoms with E-state index in [0.29, 0.717) is 15.8 Å². The molecule has 5 nitrogen and oxygen atoms in total. The Morgan fingerprint density at radius 3 is 2.89 bits per heavy atom. The third kappa shape index (κ3) is 2.06. The van der Waals surface area contributed by atoms with E-state index in [2.05, 4.69) is 4.98 Å². The maximum atomic E-state index is 12.2. The summed E-state index contributed by atoms with van der Waals surface area (Å²) in [4.78, 5) is 27.7. The lowest BCUT2D eigenvalue weighted by molar-refractivity contribution is 0.0701.